The Morgan fingerprint density at radius 2 is 2.00 bits per heavy atom. The Hall–Kier alpha value is -2.36. The molecule has 0 unspecified atom stereocenters. The van der Waals surface area contributed by atoms with Gasteiger partial charge >= 0.3 is 0 Å². The van der Waals surface area contributed by atoms with Crippen LogP contribution in [0.3, 0.4) is 0 Å². The van der Waals surface area contributed by atoms with E-state index in [1.54, 1.807) is 24.4 Å². The molecule has 4 heteroatoms. The Labute approximate surface area is 106 Å². The molecule has 0 aliphatic rings. The SMILES string of the molecule is Cc1ccc(NC(=O)c2ccc(N)cc2C)cn1. The maximum atomic E-state index is 12.1. The van der Waals surface area contributed by atoms with Gasteiger partial charge in [-0.15, -0.1) is 0 Å². The molecule has 3 N–H and O–H groups in total. The lowest BCUT2D eigenvalue weighted by molar-refractivity contribution is 0.102. The first kappa shape index (κ1) is 12.1. The van der Waals surface area contributed by atoms with Gasteiger partial charge < -0.3 is 11.1 Å². The van der Waals surface area contributed by atoms with Crippen LogP contribution in [0.15, 0.2) is 36.5 Å². The van der Waals surface area contributed by atoms with E-state index in [-0.39, 0.29) is 5.91 Å². The normalized spacial score (nSPS) is 10.1. The maximum absolute atomic E-state index is 12.1. The van der Waals surface area contributed by atoms with E-state index < -0.39 is 0 Å². The van der Waals surface area contributed by atoms with Crippen molar-refractivity contribution in [2.45, 2.75) is 13.8 Å². The third kappa shape index (κ3) is 2.66. The number of nitrogens with two attached hydrogens (primary N) is 1. The van der Waals surface area contributed by atoms with Crippen molar-refractivity contribution in [3.63, 3.8) is 0 Å². The molecule has 0 bridgehead atoms. The van der Waals surface area contributed by atoms with Crippen molar-refractivity contribution in [1.82, 2.24) is 4.98 Å². The number of aromatic nitrogens is 1. The fraction of sp³-hybridized carbons (Fsp3) is 0.143. The van der Waals surface area contributed by atoms with E-state index in [0.29, 0.717) is 16.9 Å². The molecule has 1 heterocycles. The molecule has 0 saturated carbocycles. The van der Waals surface area contributed by atoms with Gasteiger partial charge in [0.2, 0.25) is 0 Å². The van der Waals surface area contributed by atoms with Crippen LogP contribution >= 0.6 is 0 Å². The Morgan fingerprint density at radius 1 is 1.22 bits per heavy atom. The second kappa shape index (κ2) is 4.87. The van der Waals surface area contributed by atoms with Crippen molar-refractivity contribution in [1.29, 1.82) is 0 Å². The fourth-order valence-electron chi connectivity index (χ4n) is 1.68. The number of carbonyl (C=O) groups excluding carboxylic acids is 1. The molecule has 1 amide bonds. The Balaban J connectivity index is 2.19. The van der Waals surface area contributed by atoms with E-state index in [4.69, 9.17) is 5.73 Å². The monoisotopic (exact) mass is 241 g/mol. The van der Waals surface area contributed by atoms with E-state index in [9.17, 15) is 4.79 Å². The third-order valence-electron chi connectivity index (χ3n) is 2.66. The van der Waals surface area contributed by atoms with Gasteiger partial charge in [-0.2, -0.15) is 0 Å². The highest BCUT2D eigenvalue weighted by Gasteiger charge is 2.09. The molecule has 0 saturated heterocycles. The number of nitrogens with one attached hydrogen (secondary N) is 1. The molecule has 0 spiro atoms. The molecule has 92 valence electrons. The van der Waals surface area contributed by atoms with E-state index in [1.165, 1.54) is 0 Å². The second-order valence-electron chi connectivity index (χ2n) is 4.22. The van der Waals surface area contributed by atoms with Crippen LogP contribution in [0.4, 0.5) is 11.4 Å². The molecule has 2 rings (SSSR count). The zero-order valence-corrected chi connectivity index (χ0v) is 10.4. The summed E-state index contributed by atoms with van der Waals surface area (Å²) >= 11 is 0. The van der Waals surface area contributed by atoms with Crippen molar-refractivity contribution in [2.24, 2.45) is 0 Å². The zero-order valence-electron chi connectivity index (χ0n) is 10.4. The summed E-state index contributed by atoms with van der Waals surface area (Å²) in [4.78, 5) is 16.2. The number of hydrogen-bond donors (Lipinski definition) is 2. The van der Waals surface area contributed by atoms with Crippen LogP contribution < -0.4 is 11.1 Å². The smallest absolute Gasteiger partial charge is 0.255 e. The molecule has 18 heavy (non-hydrogen) atoms. The number of benzene rings is 1. The van der Waals surface area contributed by atoms with Crippen LogP contribution in [0, 0.1) is 13.8 Å². The van der Waals surface area contributed by atoms with Gasteiger partial charge in [-0.3, -0.25) is 9.78 Å². The van der Waals surface area contributed by atoms with Crippen molar-refractivity contribution < 1.29 is 4.79 Å². The second-order valence-corrected chi connectivity index (χ2v) is 4.22. The van der Waals surface area contributed by atoms with Gasteiger partial charge in [-0.05, 0) is 49.7 Å². The van der Waals surface area contributed by atoms with Gasteiger partial charge in [-0.25, -0.2) is 0 Å². The molecule has 0 radical (unpaired) electrons. The summed E-state index contributed by atoms with van der Waals surface area (Å²) in [5, 5.41) is 2.80. The Kier molecular flexibility index (Phi) is 3.28. The Bertz CT molecular complexity index is 576. The number of nitrogens with zero attached hydrogens (tertiary/aromatic N) is 1. The summed E-state index contributed by atoms with van der Waals surface area (Å²) in [6.45, 7) is 3.76. The highest BCUT2D eigenvalue weighted by Crippen LogP contribution is 2.14. The number of carbonyl (C=O) groups is 1. The number of hydrogen-bond acceptors (Lipinski definition) is 3. The zero-order chi connectivity index (χ0) is 13.1. The molecule has 1 aromatic carbocycles. The largest absolute Gasteiger partial charge is 0.399 e. The van der Waals surface area contributed by atoms with Gasteiger partial charge in [0, 0.05) is 16.9 Å². The topological polar surface area (TPSA) is 68.0 Å². The van der Waals surface area contributed by atoms with Crippen LogP contribution in [0.5, 0.6) is 0 Å². The minimum absolute atomic E-state index is 0.154. The summed E-state index contributed by atoms with van der Waals surface area (Å²) in [6, 6.07) is 8.90. The number of anilines is 2. The lowest BCUT2D eigenvalue weighted by atomic mass is 10.1. The highest BCUT2D eigenvalue weighted by molar-refractivity contribution is 6.05. The van der Waals surface area contributed by atoms with Gasteiger partial charge in [0.15, 0.2) is 0 Å². The molecular weight excluding hydrogens is 226 g/mol. The first-order chi connectivity index (χ1) is 8.56. The summed E-state index contributed by atoms with van der Waals surface area (Å²) in [7, 11) is 0. The van der Waals surface area contributed by atoms with Crippen molar-refractivity contribution in [3.8, 4) is 0 Å². The van der Waals surface area contributed by atoms with Crippen LogP contribution in [-0.2, 0) is 0 Å². The molecule has 1 aromatic heterocycles. The summed E-state index contributed by atoms with van der Waals surface area (Å²) < 4.78 is 0. The van der Waals surface area contributed by atoms with Crippen LogP contribution in [0.25, 0.3) is 0 Å². The minimum atomic E-state index is -0.154. The van der Waals surface area contributed by atoms with Gasteiger partial charge in [-0.1, -0.05) is 0 Å². The number of rotatable bonds is 2. The van der Waals surface area contributed by atoms with Crippen molar-refractivity contribution >= 4 is 17.3 Å². The van der Waals surface area contributed by atoms with Crippen molar-refractivity contribution in [3.05, 3.63) is 53.3 Å². The van der Waals surface area contributed by atoms with Gasteiger partial charge in [0.1, 0.15) is 0 Å². The standard InChI is InChI=1S/C14H15N3O/c1-9-7-11(15)4-6-13(9)14(18)17-12-5-3-10(2)16-8-12/h3-8H,15H2,1-2H3,(H,17,18). The van der Waals surface area contributed by atoms with E-state index in [0.717, 1.165) is 11.3 Å². The quantitative estimate of drug-likeness (QED) is 0.794. The van der Waals surface area contributed by atoms with Crippen LogP contribution in [0.2, 0.25) is 0 Å². The lowest BCUT2D eigenvalue weighted by Gasteiger charge is -2.08. The number of nitrogen functional groups attached to an aromatic ring is 1. The first-order valence-corrected chi connectivity index (χ1v) is 5.66. The highest BCUT2D eigenvalue weighted by atomic mass is 16.1. The van der Waals surface area contributed by atoms with Gasteiger partial charge in [0.05, 0.1) is 11.9 Å². The molecule has 4 nitrogen and oxygen atoms in total. The number of aryl methyl sites for hydroxylation is 2. The summed E-state index contributed by atoms with van der Waals surface area (Å²) in [5.74, 6) is -0.154. The Morgan fingerprint density at radius 3 is 2.61 bits per heavy atom. The van der Waals surface area contributed by atoms with Crippen molar-refractivity contribution in [2.75, 3.05) is 11.1 Å². The number of amides is 1. The van der Waals surface area contributed by atoms with E-state index in [1.807, 2.05) is 26.0 Å². The molecule has 2 aromatic rings. The number of pyridine rings is 1. The fourth-order valence-corrected chi connectivity index (χ4v) is 1.68. The molecular formula is C14H15N3O. The first-order valence-electron chi connectivity index (χ1n) is 5.66. The van der Waals surface area contributed by atoms with E-state index >= 15 is 0 Å². The molecule has 0 aliphatic carbocycles. The summed E-state index contributed by atoms with van der Waals surface area (Å²) in [5.41, 5.74) is 9.37. The average molecular weight is 241 g/mol. The average Bonchev–Trinajstić information content (AvgIpc) is 2.32. The lowest BCUT2D eigenvalue weighted by Crippen LogP contribution is -2.13. The van der Waals surface area contributed by atoms with Crippen LogP contribution in [-0.4, -0.2) is 10.9 Å². The maximum Gasteiger partial charge on any atom is 0.255 e. The molecule has 0 fully saturated rings. The predicted octanol–water partition coefficient (Wildman–Crippen LogP) is 2.53. The van der Waals surface area contributed by atoms with E-state index in [2.05, 4.69) is 10.3 Å². The van der Waals surface area contributed by atoms with Crippen LogP contribution in [0.1, 0.15) is 21.6 Å². The molecule has 0 aliphatic heterocycles. The van der Waals surface area contributed by atoms with Gasteiger partial charge in [0.25, 0.3) is 5.91 Å². The molecule has 0 atom stereocenters. The summed E-state index contributed by atoms with van der Waals surface area (Å²) in [6.07, 6.45) is 1.64. The third-order valence-corrected chi connectivity index (χ3v) is 2.66. The predicted molar refractivity (Wildman–Crippen MR) is 72.5 cm³/mol. The minimum Gasteiger partial charge on any atom is -0.399 e.